The van der Waals surface area contributed by atoms with E-state index < -0.39 is 0 Å². The van der Waals surface area contributed by atoms with Crippen molar-refractivity contribution in [2.75, 3.05) is 32.8 Å². The Balaban J connectivity index is 1.79. The molecule has 0 radical (unpaired) electrons. The highest BCUT2D eigenvalue weighted by molar-refractivity contribution is 5.08. The van der Waals surface area contributed by atoms with Crippen LogP contribution in [0, 0.1) is 0 Å². The van der Waals surface area contributed by atoms with E-state index in [1.54, 1.807) is 0 Å². The quantitative estimate of drug-likeness (QED) is 0.771. The standard InChI is InChI=1S/C12H21N3O/c1-11(2)12-9-13-15(10-12)4-3-14-5-7-16-8-6-14/h9-11H,3-8H2,1-2H3. The zero-order chi connectivity index (χ0) is 11.4. The van der Waals surface area contributed by atoms with E-state index in [1.165, 1.54) is 5.56 Å². The lowest BCUT2D eigenvalue weighted by molar-refractivity contribution is 0.0359. The van der Waals surface area contributed by atoms with E-state index >= 15 is 0 Å². The zero-order valence-electron chi connectivity index (χ0n) is 10.2. The topological polar surface area (TPSA) is 30.3 Å². The van der Waals surface area contributed by atoms with Crippen molar-refractivity contribution in [3.63, 3.8) is 0 Å². The summed E-state index contributed by atoms with van der Waals surface area (Å²) in [6.07, 6.45) is 4.13. The summed E-state index contributed by atoms with van der Waals surface area (Å²) in [5, 5.41) is 4.38. The van der Waals surface area contributed by atoms with E-state index in [2.05, 4.69) is 30.0 Å². The van der Waals surface area contributed by atoms with Crippen molar-refractivity contribution in [2.45, 2.75) is 26.3 Å². The van der Waals surface area contributed by atoms with Crippen LogP contribution in [-0.4, -0.2) is 47.5 Å². The fourth-order valence-corrected chi connectivity index (χ4v) is 1.87. The summed E-state index contributed by atoms with van der Waals surface area (Å²) in [4.78, 5) is 2.43. The molecule has 1 aromatic rings. The van der Waals surface area contributed by atoms with Gasteiger partial charge in [0.15, 0.2) is 0 Å². The molecule has 0 N–H and O–H groups in total. The Morgan fingerprint density at radius 1 is 1.31 bits per heavy atom. The van der Waals surface area contributed by atoms with Crippen molar-refractivity contribution < 1.29 is 4.74 Å². The summed E-state index contributed by atoms with van der Waals surface area (Å²) in [5.41, 5.74) is 1.32. The van der Waals surface area contributed by atoms with Crippen LogP contribution in [0.4, 0.5) is 0 Å². The van der Waals surface area contributed by atoms with Crippen LogP contribution >= 0.6 is 0 Å². The number of rotatable bonds is 4. The monoisotopic (exact) mass is 223 g/mol. The first kappa shape index (κ1) is 11.6. The molecule has 4 heteroatoms. The third-order valence-corrected chi connectivity index (χ3v) is 3.07. The largest absolute Gasteiger partial charge is 0.379 e. The molecule has 0 bridgehead atoms. The van der Waals surface area contributed by atoms with Crippen molar-refractivity contribution in [2.24, 2.45) is 0 Å². The molecule has 0 atom stereocenters. The Labute approximate surface area is 97.2 Å². The molecule has 0 aromatic carbocycles. The van der Waals surface area contributed by atoms with Gasteiger partial charge in [-0.3, -0.25) is 9.58 Å². The van der Waals surface area contributed by atoms with Gasteiger partial charge in [-0.1, -0.05) is 13.8 Å². The predicted molar refractivity (Wildman–Crippen MR) is 63.6 cm³/mol. The molecular formula is C12H21N3O. The number of ether oxygens (including phenoxy) is 1. The maximum absolute atomic E-state index is 5.32. The second kappa shape index (κ2) is 5.46. The summed E-state index contributed by atoms with van der Waals surface area (Å²) < 4.78 is 7.37. The van der Waals surface area contributed by atoms with E-state index in [-0.39, 0.29) is 0 Å². The highest BCUT2D eigenvalue weighted by Crippen LogP contribution is 2.12. The fourth-order valence-electron chi connectivity index (χ4n) is 1.87. The van der Waals surface area contributed by atoms with Crippen molar-refractivity contribution in [3.05, 3.63) is 18.0 Å². The second-order valence-electron chi connectivity index (χ2n) is 4.65. The van der Waals surface area contributed by atoms with E-state index in [0.717, 1.165) is 39.4 Å². The van der Waals surface area contributed by atoms with E-state index in [0.29, 0.717) is 5.92 Å². The van der Waals surface area contributed by atoms with E-state index in [4.69, 9.17) is 4.74 Å². The van der Waals surface area contributed by atoms with Crippen molar-refractivity contribution in [1.29, 1.82) is 0 Å². The Morgan fingerprint density at radius 2 is 2.06 bits per heavy atom. The van der Waals surface area contributed by atoms with Gasteiger partial charge >= 0.3 is 0 Å². The molecule has 1 aromatic heterocycles. The maximum Gasteiger partial charge on any atom is 0.0594 e. The minimum absolute atomic E-state index is 0.567. The highest BCUT2D eigenvalue weighted by Gasteiger charge is 2.10. The number of hydrogen-bond donors (Lipinski definition) is 0. The first-order chi connectivity index (χ1) is 7.75. The molecule has 90 valence electrons. The third kappa shape index (κ3) is 3.06. The minimum Gasteiger partial charge on any atom is -0.379 e. The Hall–Kier alpha value is -0.870. The fraction of sp³-hybridized carbons (Fsp3) is 0.750. The lowest BCUT2D eigenvalue weighted by Gasteiger charge is -2.26. The highest BCUT2D eigenvalue weighted by atomic mass is 16.5. The lowest BCUT2D eigenvalue weighted by Crippen LogP contribution is -2.38. The summed E-state index contributed by atoms with van der Waals surface area (Å²) in [7, 11) is 0. The Bertz CT molecular complexity index is 316. The summed E-state index contributed by atoms with van der Waals surface area (Å²) in [6.45, 7) is 10.3. The number of nitrogens with zero attached hydrogens (tertiary/aromatic N) is 3. The van der Waals surface area contributed by atoms with Crippen molar-refractivity contribution >= 4 is 0 Å². The van der Waals surface area contributed by atoms with Crippen LogP contribution in [0.5, 0.6) is 0 Å². The van der Waals surface area contributed by atoms with Gasteiger partial charge in [0, 0.05) is 25.8 Å². The van der Waals surface area contributed by atoms with Crippen LogP contribution in [-0.2, 0) is 11.3 Å². The molecule has 2 rings (SSSR count). The number of hydrogen-bond acceptors (Lipinski definition) is 3. The van der Waals surface area contributed by atoms with Gasteiger partial charge in [-0.05, 0) is 11.5 Å². The van der Waals surface area contributed by atoms with Gasteiger partial charge in [0.25, 0.3) is 0 Å². The van der Waals surface area contributed by atoms with Gasteiger partial charge < -0.3 is 4.74 Å². The molecule has 1 fully saturated rings. The van der Waals surface area contributed by atoms with Crippen LogP contribution in [0.2, 0.25) is 0 Å². The molecular weight excluding hydrogens is 202 g/mol. The summed E-state index contributed by atoms with van der Waals surface area (Å²) in [6, 6.07) is 0. The first-order valence-corrected chi connectivity index (χ1v) is 6.08. The van der Waals surface area contributed by atoms with E-state index in [9.17, 15) is 0 Å². The molecule has 1 aliphatic heterocycles. The van der Waals surface area contributed by atoms with Gasteiger partial charge in [0.05, 0.1) is 26.0 Å². The van der Waals surface area contributed by atoms with Crippen LogP contribution in [0.1, 0.15) is 25.3 Å². The van der Waals surface area contributed by atoms with Crippen LogP contribution in [0.15, 0.2) is 12.4 Å². The molecule has 4 nitrogen and oxygen atoms in total. The van der Waals surface area contributed by atoms with E-state index in [1.807, 2.05) is 10.9 Å². The third-order valence-electron chi connectivity index (χ3n) is 3.07. The molecule has 1 saturated heterocycles. The second-order valence-corrected chi connectivity index (χ2v) is 4.65. The zero-order valence-corrected chi connectivity index (χ0v) is 10.2. The smallest absolute Gasteiger partial charge is 0.0594 e. The lowest BCUT2D eigenvalue weighted by atomic mass is 10.1. The molecule has 0 aliphatic carbocycles. The van der Waals surface area contributed by atoms with Gasteiger partial charge in [0.2, 0.25) is 0 Å². The van der Waals surface area contributed by atoms with Crippen molar-refractivity contribution in [1.82, 2.24) is 14.7 Å². The van der Waals surface area contributed by atoms with Crippen LogP contribution in [0.3, 0.4) is 0 Å². The summed E-state index contributed by atoms with van der Waals surface area (Å²) in [5.74, 6) is 0.567. The first-order valence-electron chi connectivity index (χ1n) is 6.08. The molecule has 0 amide bonds. The Morgan fingerprint density at radius 3 is 2.69 bits per heavy atom. The predicted octanol–water partition coefficient (Wildman–Crippen LogP) is 1.34. The van der Waals surface area contributed by atoms with Gasteiger partial charge in [-0.15, -0.1) is 0 Å². The molecule has 0 spiro atoms. The molecule has 2 heterocycles. The maximum atomic E-state index is 5.32. The van der Waals surface area contributed by atoms with Gasteiger partial charge in [-0.2, -0.15) is 5.10 Å². The van der Waals surface area contributed by atoms with Gasteiger partial charge in [-0.25, -0.2) is 0 Å². The SMILES string of the molecule is CC(C)c1cnn(CCN2CCOCC2)c1. The normalized spacial score (nSPS) is 18.2. The van der Waals surface area contributed by atoms with Crippen LogP contribution in [0.25, 0.3) is 0 Å². The minimum atomic E-state index is 0.567. The molecule has 1 aliphatic rings. The molecule has 0 unspecified atom stereocenters. The molecule has 16 heavy (non-hydrogen) atoms. The summed E-state index contributed by atoms with van der Waals surface area (Å²) >= 11 is 0. The average Bonchev–Trinajstić information content (AvgIpc) is 2.76. The number of morpholine rings is 1. The van der Waals surface area contributed by atoms with Crippen LogP contribution < -0.4 is 0 Å². The molecule has 0 saturated carbocycles. The Kier molecular flexibility index (Phi) is 3.96. The number of aromatic nitrogens is 2. The van der Waals surface area contributed by atoms with Gasteiger partial charge in [0.1, 0.15) is 0 Å². The van der Waals surface area contributed by atoms with Crippen molar-refractivity contribution in [3.8, 4) is 0 Å². The average molecular weight is 223 g/mol.